The third-order valence-corrected chi connectivity index (χ3v) is 18.6. The molecule has 13 aromatic rings. The Labute approximate surface area is 529 Å². The van der Waals surface area contributed by atoms with Crippen LogP contribution in [0.1, 0.15) is 77.8 Å². The van der Waals surface area contributed by atoms with Crippen LogP contribution < -0.4 is 9.80 Å². The van der Waals surface area contributed by atoms with Crippen molar-refractivity contribution in [3.05, 3.63) is 268 Å². The molecule has 0 amide bonds. The van der Waals surface area contributed by atoms with Gasteiger partial charge in [-0.05, 0) is 143 Å². The van der Waals surface area contributed by atoms with Crippen LogP contribution in [-0.4, -0.2) is 14.1 Å². The van der Waals surface area contributed by atoms with Crippen LogP contribution in [-0.2, 0) is 35.5 Å². The molecule has 0 aliphatic carbocycles. The molecule has 0 bridgehead atoms. The number of pyridine rings is 1. The van der Waals surface area contributed by atoms with Gasteiger partial charge in [0.1, 0.15) is 17.7 Å². The molecule has 94 heavy (non-hydrogen) atoms. The summed E-state index contributed by atoms with van der Waals surface area (Å²) in [6.45, 7) is 7.94. The highest BCUT2D eigenvalue weighted by Gasteiger charge is 2.42. The van der Waals surface area contributed by atoms with Gasteiger partial charge in [0, 0.05) is 54.9 Å². The third kappa shape index (κ3) is 9.13. The Balaban J connectivity index is 1.16. The second-order valence-electron chi connectivity index (χ2n) is 24.7. The van der Waals surface area contributed by atoms with Crippen molar-refractivity contribution in [3.63, 3.8) is 0 Å². The van der Waals surface area contributed by atoms with E-state index in [4.69, 9.17) is 4.98 Å². The summed E-state index contributed by atoms with van der Waals surface area (Å²) in [5.74, 6) is -0.974. The molecule has 6 nitrogen and oxygen atoms in total. The Morgan fingerprint density at radius 1 is 0.340 bits per heavy atom. The van der Waals surface area contributed by atoms with Gasteiger partial charge in [0.15, 0.2) is 0 Å². The first kappa shape index (κ1) is 59.5. The molecule has 0 spiro atoms. The third-order valence-electron chi connectivity index (χ3n) is 18.6. The molecule has 0 fully saturated rings. The highest BCUT2D eigenvalue weighted by Crippen LogP contribution is 2.57. The number of anilines is 6. The monoisotopic (exact) mass is 1270 g/mol. The van der Waals surface area contributed by atoms with Crippen molar-refractivity contribution in [2.24, 2.45) is 0 Å². The van der Waals surface area contributed by atoms with Crippen LogP contribution in [0.2, 0.25) is 0 Å². The largest absolute Gasteiger partial charge is 0.416 e. The first-order valence-corrected chi connectivity index (χ1v) is 29.8. The van der Waals surface area contributed by atoms with Crippen molar-refractivity contribution < 1.29 is 52.7 Å². The number of nitriles is 1. The van der Waals surface area contributed by atoms with E-state index in [2.05, 4.69) is 6.07 Å². The quantitative estimate of drug-likeness (QED) is 0.156. The number of aromatic nitrogens is 3. The van der Waals surface area contributed by atoms with E-state index in [1.165, 1.54) is 0 Å². The Morgan fingerprint density at radius 3 is 0.947 bits per heavy atom. The van der Waals surface area contributed by atoms with E-state index in [1.54, 1.807) is 36.4 Å². The Bertz CT molecular complexity index is 4890. The summed E-state index contributed by atoms with van der Waals surface area (Å²) in [4.78, 5) is 9.50. The van der Waals surface area contributed by atoms with Gasteiger partial charge in [-0.2, -0.15) is 57.9 Å². The molecule has 2 aliphatic rings. The van der Waals surface area contributed by atoms with Gasteiger partial charge < -0.3 is 9.80 Å². The molecular formula is C76H48F12N6. The SMILES string of the molecule is CC1(C)c2ccccc2N(c2ccccc2)c2ccc(-c3c(-n4c5cc(C(F)(F)F)ccc5c5ccc(C(F)(F)F)cc54)nc(-n4c5cc(C(F)(F)F)ccc5c5ccc(C(F)(F)F)cc54)c(-c4ccc5c(c4)C(C)(C)c4ccccc4N5c4ccccc4)c3C#N)cc21. The molecule has 2 aliphatic heterocycles. The first-order chi connectivity index (χ1) is 44.6. The topological polar surface area (TPSA) is 53.0 Å². The Morgan fingerprint density at radius 2 is 0.638 bits per heavy atom. The summed E-state index contributed by atoms with van der Waals surface area (Å²) in [5, 5.41) is 12.6. The van der Waals surface area contributed by atoms with E-state index in [0.717, 1.165) is 116 Å². The zero-order valence-corrected chi connectivity index (χ0v) is 50.0. The van der Waals surface area contributed by atoms with Crippen LogP contribution in [0, 0.1) is 11.3 Å². The maximum absolute atomic E-state index is 15.3. The fraction of sp³-hybridized carbons (Fsp3) is 0.132. The van der Waals surface area contributed by atoms with Gasteiger partial charge in [0.05, 0.1) is 72.6 Å². The molecular weight excluding hydrogens is 1220 g/mol. The summed E-state index contributed by atoms with van der Waals surface area (Å²) in [6, 6.07) is 57.7. The Kier molecular flexibility index (Phi) is 13.0. The number of halogens is 12. The first-order valence-electron chi connectivity index (χ1n) is 29.8. The van der Waals surface area contributed by atoms with Crippen molar-refractivity contribution in [2.75, 3.05) is 9.80 Å². The minimum Gasteiger partial charge on any atom is -0.310 e. The smallest absolute Gasteiger partial charge is 0.310 e. The maximum atomic E-state index is 15.3. The molecule has 0 radical (unpaired) electrons. The molecule has 0 N–H and O–H groups in total. The number of nitrogens with zero attached hydrogens (tertiary/aromatic N) is 6. The van der Waals surface area contributed by atoms with Gasteiger partial charge in [-0.25, -0.2) is 4.98 Å². The van der Waals surface area contributed by atoms with Gasteiger partial charge in [0.2, 0.25) is 0 Å². The zero-order chi connectivity index (χ0) is 65.9. The van der Waals surface area contributed by atoms with E-state index in [0.29, 0.717) is 22.5 Å². The second kappa shape index (κ2) is 20.6. The average Bonchev–Trinajstić information content (AvgIpc) is 1.24. The number of fused-ring (bicyclic) bond motifs is 10. The molecule has 5 heterocycles. The van der Waals surface area contributed by atoms with Crippen molar-refractivity contribution in [1.82, 2.24) is 14.1 Å². The van der Waals surface area contributed by atoms with Crippen LogP contribution in [0.3, 0.4) is 0 Å². The minimum absolute atomic E-state index is 0.0111. The molecule has 0 saturated carbocycles. The van der Waals surface area contributed by atoms with Crippen LogP contribution in [0.4, 0.5) is 86.8 Å². The second-order valence-corrected chi connectivity index (χ2v) is 24.7. The molecule has 18 heteroatoms. The number of hydrogen-bond donors (Lipinski definition) is 0. The van der Waals surface area contributed by atoms with E-state index in [1.807, 2.05) is 147 Å². The van der Waals surface area contributed by atoms with Gasteiger partial charge >= 0.3 is 24.7 Å². The van der Waals surface area contributed by atoms with Gasteiger partial charge in [0.25, 0.3) is 0 Å². The molecule has 466 valence electrons. The molecule has 0 atom stereocenters. The Hall–Kier alpha value is -10.8. The average molecular weight is 1270 g/mol. The lowest BCUT2D eigenvalue weighted by molar-refractivity contribution is -0.138. The molecule has 0 saturated heterocycles. The van der Waals surface area contributed by atoms with Gasteiger partial charge in [-0.15, -0.1) is 0 Å². The number of alkyl halides is 12. The lowest BCUT2D eigenvalue weighted by atomic mass is 9.72. The molecule has 15 rings (SSSR count). The van der Waals surface area contributed by atoms with Crippen molar-refractivity contribution in [2.45, 2.75) is 63.2 Å². The maximum Gasteiger partial charge on any atom is 0.416 e. The van der Waals surface area contributed by atoms with Crippen LogP contribution >= 0.6 is 0 Å². The van der Waals surface area contributed by atoms with E-state index in [-0.39, 0.29) is 71.4 Å². The number of para-hydroxylation sites is 4. The van der Waals surface area contributed by atoms with E-state index >= 15 is 52.7 Å². The van der Waals surface area contributed by atoms with Crippen molar-refractivity contribution >= 4 is 77.7 Å². The van der Waals surface area contributed by atoms with E-state index in [9.17, 15) is 5.26 Å². The van der Waals surface area contributed by atoms with Crippen molar-refractivity contribution in [3.8, 4) is 40.0 Å². The summed E-state index contributed by atoms with van der Waals surface area (Å²) in [6.07, 6.45) is -20.2. The highest BCUT2D eigenvalue weighted by atomic mass is 19.4. The van der Waals surface area contributed by atoms with Crippen LogP contribution in [0.15, 0.2) is 218 Å². The predicted molar refractivity (Wildman–Crippen MR) is 342 cm³/mol. The van der Waals surface area contributed by atoms with Crippen LogP contribution in [0.25, 0.3) is 77.5 Å². The molecule has 0 unspecified atom stereocenters. The fourth-order valence-corrected chi connectivity index (χ4v) is 14.2. The summed E-state index contributed by atoms with van der Waals surface area (Å²) < 4.78 is 186. The lowest BCUT2D eigenvalue weighted by Gasteiger charge is -2.42. The number of benzene rings is 10. The zero-order valence-electron chi connectivity index (χ0n) is 50.0. The van der Waals surface area contributed by atoms with Gasteiger partial charge in [-0.3, -0.25) is 9.13 Å². The standard InChI is InChI=1S/C76H48F12N6/c1-71(2)55-19-11-13-21-59(55)91(48-15-7-5-8-16-48)61-33-23-42(35-57(61)71)67-54(41-89)68(43-24-34-62-58(36-43)72(3,4)56-20-12-14-22-60(56)92(62)49-17-9-6-10-18-49)70(94-65-39-46(75(83,84)85)27-31-52(65)53-32-28-47(40-66(53)94)76(86,87)88)90-69(67)93-63-37-44(73(77,78)79)25-29-50(63)51-30-26-45(38-64(51)93)74(80,81)82/h5-40H,1-4H3. The number of hydrogen-bond acceptors (Lipinski definition) is 4. The van der Waals surface area contributed by atoms with Crippen molar-refractivity contribution in [1.29, 1.82) is 5.26 Å². The van der Waals surface area contributed by atoms with E-state index < -0.39 is 69.4 Å². The highest BCUT2D eigenvalue weighted by molar-refractivity contribution is 6.12. The lowest BCUT2D eigenvalue weighted by Crippen LogP contribution is -2.30. The van der Waals surface area contributed by atoms with Crippen LogP contribution in [0.5, 0.6) is 0 Å². The summed E-state index contributed by atoms with van der Waals surface area (Å²) >= 11 is 0. The normalized spacial score (nSPS) is 14.5. The predicted octanol–water partition coefficient (Wildman–Crippen LogP) is 22.8. The number of rotatable bonds is 6. The molecule has 10 aromatic carbocycles. The molecule has 3 aromatic heterocycles. The fourth-order valence-electron chi connectivity index (χ4n) is 14.2. The summed E-state index contributed by atoms with van der Waals surface area (Å²) in [5.41, 5.74) is -0.892. The van der Waals surface area contributed by atoms with Gasteiger partial charge in [-0.1, -0.05) is 137 Å². The minimum atomic E-state index is -5.05. The summed E-state index contributed by atoms with van der Waals surface area (Å²) in [7, 11) is 0.